The molecule has 1 saturated heterocycles. The predicted molar refractivity (Wildman–Crippen MR) is 128 cm³/mol. The first-order chi connectivity index (χ1) is 16.5. The van der Waals surface area contributed by atoms with Crippen molar-refractivity contribution in [2.45, 2.75) is 19.4 Å². The second-order valence-corrected chi connectivity index (χ2v) is 8.98. The van der Waals surface area contributed by atoms with Gasteiger partial charge in [-0.15, -0.1) is 0 Å². The molecule has 0 radical (unpaired) electrons. The molecule has 2 aliphatic rings. The molecule has 1 fully saturated rings. The van der Waals surface area contributed by atoms with Crippen molar-refractivity contribution in [1.29, 1.82) is 0 Å². The van der Waals surface area contributed by atoms with Crippen LogP contribution in [0.4, 0.5) is 5.69 Å². The van der Waals surface area contributed by atoms with Crippen LogP contribution in [0.3, 0.4) is 0 Å². The van der Waals surface area contributed by atoms with Crippen molar-refractivity contribution in [3.63, 3.8) is 0 Å². The Morgan fingerprint density at radius 2 is 1.85 bits per heavy atom. The quantitative estimate of drug-likeness (QED) is 0.517. The topological polar surface area (TPSA) is 101 Å². The van der Waals surface area contributed by atoms with Crippen LogP contribution in [-0.2, 0) is 16.1 Å². The number of hydrogen-bond acceptors (Lipinski definition) is 6. The highest BCUT2D eigenvalue weighted by atomic mass is 35.5. The van der Waals surface area contributed by atoms with E-state index in [-0.39, 0.29) is 31.1 Å². The second-order valence-electron chi connectivity index (χ2n) is 8.16. The number of amides is 2. The number of rotatable bonds is 5. The number of nitrogens with one attached hydrogen (secondary N) is 2. The summed E-state index contributed by atoms with van der Waals surface area (Å²) in [6.07, 6.45) is 1.17. The average Bonchev–Trinajstić information content (AvgIpc) is 3.46. The van der Waals surface area contributed by atoms with Crippen LogP contribution in [0.1, 0.15) is 12.8 Å². The molecule has 5 rings (SSSR count). The third kappa shape index (κ3) is 4.64. The van der Waals surface area contributed by atoms with Gasteiger partial charge in [0.2, 0.25) is 18.6 Å². The zero-order valence-electron chi connectivity index (χ0n) is 18.1. The van der Waals surface area contributed by atoms with Crippen LogP contribution in [0.25, 0.3) is 11.4 Å². The molecule has 0 unspecified atom stereocenters. The monoisotopic (exact) mass is 499 g/mol. The van der Waals surface area contributed by atoms with E-state index in [1.807, 2.05) is 12.1 Å². The SMILES string of the molecule is O=C(Nc1ccc2c(c1)OCO2)C1CCN(C(=O)Cn2c(-c3ccc(Cl)cc3)n[nH]c2=S)CC1. The molecule has 0 aliphatic carbocycles. The Balaban J connectivity index is 1.18. The third-order valence-electron chi connectivity index (χ3n) is 6.01. The smallest absolute Gasteiger partial charge is 0.242 e. The lowest BCUT2D eigenvalue weighted by Crippen LogP contribution is -2.42. The normalized spacial score (nSPS) is 15.4. The van der Waals surface area contributed by atoms with Gasteiger partial charge in [-0.3, -0.25) is 19.3 Å². The summed E-state index contributed by atoms with van der Waals surface area (Å²) in [6.45, 7) is 1.25. The zero-order chi connectivity index (χ0) is 23.7. The average molecular weight is 500 g/mol. The molecule has 2 N–H and O–H groups in total. The fourth-order valence-electron chi connectivity index (χ4n) is 4.13. The van der Waals surface area contributed by atoms with E-state index < -0.39 is 0 Å². The van der Waals surface area contributed by atoms with E-state index in [0.29, 0.717) is 58.7 Å². The Hall–Kier alpha value is -3.37. The van der Waals surface area contributed by atoms with Gasteiger partial charge in [-0.2, -0.15) is 5.10 Å². The molecule has 0 bridgehead atoms. The van der Waals surface area contributed by atoms with E-state index in [0.717, 1.165) is 5.56 Å². The number of carbonyl (C=O) groups excluding carboxylic acids is 2. The number of benzene rings is 2. The van der Waals surface area contributed by atoms with Crippen LogP contribution in [-0.4, -0.2) is 51.4 Å². The Morgan fingerprint density at radius 1 is 1.12 bits per heavy atom. The highest BCUT2D eigenvalue weighted by molar-refractivity contribution is 7.71. The lowest BCUT2D eigenvalue weighted by molar-refractivity contribution is -0.135. The minimum absolute atomic E-state index is 0.0620. The molecule has 3 heterocycles. The summed E-state index contributed by atoms with van der Waals surface area (Å²) in [5.74, 6) is 1.56. The Kier molecular flexibility index (Phi) is 6.25. The van der Waals surface area contributed by atoms with Crippen molar-refractivity contribution in [3.05, 3.63) is 52.3 Å². The van der Waals surface area contributed by atoms with Crippen LogP contribution in [0.15, 0.2) is 42.5 Å². The van der Waals surface area contributed by atoms with E-state index >= 15 is 0 Å². The van der Waals surface area contributed by atoms with E-state index in [9.17, 15) is 9.59 Å². The van der Waals surface area contributed by atoms with Crippen molar-refractivity contribution in [2.75, 3.05) is 25.2 Å². The summed E-state index contributed by atoms with van der Waals surface area (Å²) in [6, 6.07) is 12.5. The summed E-state index contributed by atoms with van der Waals surface area (Å²) in [7, 11) is 0. The molecule has 1 aromatic heterocycles. The van der Waals surface area contributed by atoms with E-state index in [1.165, 1.54) is 0 Å². The lowest BCUT2D eigenvalue weighted by Gasteiger charge is -2.31. The van der Waals surface area contributed by atoms with E-state index in [2.05, 4.69) is 15.5 Å². The van der Waals surface area contributed by atoms with Gasteiger partial charge in [-0.05, 0) is 61.5 Å². The highest BCUT2D eigenvalue weighted by Crippen LogP contribution is 2.34. The van der Waals surface area contributed by atoms with Gasteiger partial charge in [-0.25, -0.2) is 0 Å². The van der Waals surface area contributed by atoms with Crippen molar-refractivity contribution in [3.8, 4) is 22.9 Å². The number of aromatic nitrogens is 3. The molecule has 11 heteroatoms. The summed E-state index contributed by atoms with van der Waals surface area (Å²) in [4.78, 5) is 27.5. The molecule has 3 aromatic rings. The molecule has 0 atom stereocenters. The molecule has 2 aromatic carbocycles. The second kappa shape index (κ2) is 9.47. The number of piperidine rings is 1. The minimum Gasteiger partial charge on any atom is -0.454 e. The Labute approximate surface area is 205 Å². The number of fused-ring (bicyclic) bond motifs is 1. The number of halogens is 1. The minimum atomic E-state index is -0.171. The summed E-state index contributed by atoms with van der Waals surface area (Å²) < 4.78 is 12.7. The van der Waals surface area contributed by atoms with Crippen molar-refractivity contribution >= 4 is 41.3 Å². The molecule has 176 valence electrons. The zero-order valence-corrected chi connectivity index (χ0v) is 19.7. The van der Waals surface area contributed by atoms with Gasteiger partial charge in [0.05, 0.1) is 0 Å². The summed E-state index contributed by atoms with van der Waals surface area (Å²) >= 11 is 11.3. The van der Waals surface area contributed by atoms with Gasteiger partial charge >= 0.3 is 0 Å². The van der Waals surface area contributed by atoms with E-state index in [1.54, 1.807) is 39.8 Å². The summed E-state index contributed by atoms with van der Waals surface area (Å²) in [5, 5.41) is 10.6. The molecule has 2 aliphatic heterocycles. The lowest BCUT2D eigenvalue weighted by atomic mass is 9.95. The first kappa shape index (κ1) is 22.4. The maximum atomic E-state index is 13.0. The number of H-pyrrole nitrogens is 1. The van der Waals surface area contributed by atoms with Crippen molar-refractivity contribution in [1.82, 2.24) is 19.7 Å². The van der Waals surface area contributed by atoms with Crippen LogP contribution in [0, 0.1) is 10.7 Å². The van der Waals surface area contributed by atoms with Gasteiger partial charge in [0.15, 0.2) is 22.1 Å². The number of likely N-dealkylation sites (tertiary alicyclic amines) is 1. The van der Waals surface area contributed by atoms with Gasteiger partial charge in [-0.1, -0.05) is 11.6 Å². The van der Waals surface area contributed by atoms with Gasteiger partial charge < -0.3 is 19.7 Å². The number of ether oxygens (including phenoxy) is 2. The van der Waals surface area contributed by atoms with Crippen LogP contribution in [0.5, 0.6) is 11.5 Å². The Morgan fingerprint density at radius 3 is 2.62 bits per heavy atom. The van der Waals surface area contributed by atoms with Gasteiger partial charge in [0.25, 0.3) is 0 Å². The summed E-state index contributed by atoms with van der Waals surface area (Å²) in [5.41, 5.74) is 1.47. The fourth-order valence-corrected chi connectivity index (χ4v) is 4.45. The number of carbonyl (C=O) groups is 2. The molecule has 0 saturated carbocycles. The van der Waals surface area contributed by atoms with Crippen molar-refractivity contribution in [2.24, 2.45) is 5.92 Å². The van der Waals surface area contributed by atoms with Crippen molar-refractivity contribution < 1.29 is 19.1 Å². The van der Waals surface area contributed by atoms with Gasteiger partial charge in [0.1, 0.15) is 6.54 Å². The molecule has 34 heavy (non-hydrogen) atoms. The number of nitrogens with zero attached hydrogens (tertiary/aromatic N) is 3. The largest absolute Gasteiger partial charge is 0.454 e. The highest BCUT2D eigenvalue weighted by Gasteiger charge is 2.28. The first-order valence-electron chi connectivity index (χ1n) is 10.9. The molecule has 9 nitrogen and oxygen atoms in total. The maximum absolute atomic E-state index is 13.0. The molecular weight excluding hydrogens is 478 g/mol. The third-order valence-corrected chi connectivity index (χ3v) is 6.58. The Bertz CT molecular complexity index is 1280. The fraction of sp³-hybridized carbons (Fsp3) is 0.304. The predicted octanol–water partition coefficient (Wildman–Crippen LogP) is 3.87. The standard InChI is InChI=1S/C23H22ClN5O4S/c24-16-3-1-14(2-4-16)21-26-27-23(34)29(21)12-20(30)28-9-7-15(8-10-28)22(31)25-17-5-6-18-19(11-17)33-13-32-18/h1-6,11,15H,7-10,12-13H2,(H,25,31)(H,27,34). The van der Waals surface area contributed by atoms with Gasteiger partial charge in [0, 0.05) is 41.3 Å². The van der Waals surface area contributed by atoms with Crippen LogP contribution in [0.2, 0.25) is 5.02 Å². The maximum Gasteiger partial charge on any atom is 0.242 e. The first-order valence-corrected chi connectivity index (χ1v) is 11.7. The molecular formula is C23H22ClN5O4S. The van der Waals surface area contributed by atoms with E-state index in [4.69, 9.17) is 33.3 Å². The molecule has 0 spiro atoms. The van der Waals surface area contributed by atoms with Crippen LogP contribution < -0.4 is 14.8 Å². The van der Waals surface area contributed by atoms with Crippen LogP contribution >= 0.6 is 23.8 Å². The number of anilines is 1. The molecule has 2 amide bonds. The number of aromatic amines is 1. The number of hydrogen-bond donors (Lipinski definition) is 2.